The Hall–Kier alpha value is -5.08. The first-order chi connectivity index (χ1) is 32.4. The van der Waals surface area contributed by atoms with Crippen LogP contribution in [0.5, 0.6) is 0 Å². The van der Waals surface area contributed by atoms with Gasteiger partial charge in [0.25, 0.3) is 0 Å². The highest BCUT2D eigenvalue weighted by molar-refractivity contribution is 5.76. The molecule has 4 unspecified atom stereocenters. The number of likely N-dealkylation sites (tertiary alicyclic amines) is 2. The van der Waals surface area contributed by atoms with Gasteiger partial charge < -0.3 is 29.9 Å². The highest BCUT2D eigenvalue weighted by Gasteiger charge is 2.47. The number of ether oxygens (including phenoxy) is 2. The first-order valence-corrected chi connectivity index (χ1v) is 24.4. The summed E-state index contributed by atoms with van der Waals surface area (Å²) in [6, 6.07) is 25.5. The van der Waals surface area contributed by atoms with Crippen molar-refractivity contribution in [2.75, 3.05) is 26.2 Å². The van der Waals surface area contributed by atoms with E-state index in [1.165, 1.54) is 37.1 Å². The summed E-state index contributed by atoms with van der Waals surface area (Å²) in [5, 5.41) is 6.26. The molecule has 4 aliphatic rings. The van der Waals surface area contributed by atoms with Gasteiger partial charge >= 0.3 is 24.4 Å². The Kier molecular flexibility index (Phi) is 16.9. The molecule has 380 valence electrons. The summed E-state index contributed by atoms with van der Waals surface area (Å²) in [7, 11) is 0. The number of halogens is 6. The number of carbonyl (C=O) groups excluding carboxylic acids is 2. The maximum absolute atomic E-state index is 13.9. The number of alkyl halides is 6. The lowest BCUT2D eigenvalue weighted by molar-refractivity contribution is -0.141. The van der Waals surface area contributed by atoms with Crippen molar-refractivity contribution in [1.29, 1.82) is 0 Å². The molecule has 69 heavy (non-hydrogen) atoms. The predicted molar refractivity (Wildman–Crippen MR) is 262 cm³/mol. The Morgan fingerprint density at radius 1 is 0.609 bits per heavy atom. The third kappa shape index (κ3) is 13.8. The monoisotopic (exact) mass is 969 g/mol. The Morgan fingerprint density at radius 3 is 1.36 bits per heavy atom. The molecule has 2 bridgehead atoms. The van der Waals surface area contributed by atoms with Crippen LogP contribution in [0, 0.1) is 31.6 Å². The molecule has 8 nitrogen and oxygen atoms in total. The molecule has 4 aromatic rings. The molecule has 0 spiro atoms. The van der Waals surface area contributed by atoms with E-state index >= 15 is 0 Å². The second kappa shape index (κ2) is 21.9. The van der Waals surface area contributed by atoms with Crippen LogP contribution in [-0.2, 0) is 21.8 Å². The Labute approximate surface area is 407 Å². The summed E-state index contributed by atoms with van der Waals surface area (Å²) >= 11 is 0. The van der Waals surface area contributed by atoms with E-state index in [-0.39, 0.29) is 49.3 Å². The molecule has 2 saturated carbocycles. The Balaban J connectivity index is 0.000000296. The van der Waals surface area contributed by atoms with Crippen LogP contribution in [-0.4, -0.2) is 71.3 Å². The summed E-state index contributed by atoms with van der Waals surface area (Å²) in [6.45, 7) is 19.5. The number of fused-ring (bicyclic) bond motifs is 2. The molecule has 4 atom stereocenters. The second-order valence-corrected chi connectivity index (χ2v) is 20.6. The largest absolute Gasteiger partial charge is 0.416 e. The van der Waals surface area contributed by atoms with Crippen LogP contribution < -0.4 is 10.6 Å². The molecule has 2 aliphatic carbocycles. The minimum Gasteiger partial charge on any atom is -0.362 e. The third-order valence-corrected chi connectivity index (χ3v) is 13.3. The fraction of sp³-hybridized carbons (Fsp3) is 0.527. The second-order valence-electron chi connectivity index (χ2n) is 20.6. The van der Waals surface area contributed by atoms with E-state index in [1.54, 1.807) is 34.1 Å². The third-order valence-electron chi connectivity index (χ3n) is 13.3. The van der Waals surface area contributed by atoms with Gasteiger partial charge in [-0.05, 0) is 119 Å². The van der Waals surface area contributed by atoms with Gasteiger partial charge in [-0.25, -0.2) is 9.59 Å². The van der Waals surface area contributed by atoms with E-state index in [1.807, 2.05) is 84.9 Å². The average Bonchev–Trinajstić information content (AvgIpc) is 3.23. The Bertz CT molecular complexity index is 2310. The van der Waals surface area contributed by atoms with Gasteiger partial charge in [0, 0.05) is 13.9 Å². The van der Waals surface area contributed by atoms with Crippen LogP contribution in [0.2, 0.25) is 0 Å². The first kappa shape index (κ1) is 53.3. The molecule has 2 N–H and O–H groups in total. The maximum Gasteiger partial charge on any atom is 0.416 e. The zero-order chi connectivity index (χ0) is 50.5. The standard InChI is InChI=1S/C30H37F3N2O2.C23H27F3N2O2.C2H6.2H2/c1-19-8-10-23(11-9-19)27(25-6-4-5-7-26(25)30(31,32)33)37-24-17-35(18-24)28(36)34-29-14-20(2)12-22(16-29)13-21(3)15-29;1-15-9-11-16(12-10-15)20(18-7-5-6-8-19(18)23(24,25)26)30-17-13-28(14-17)21(29)27-22(2,3)4;1-2;;/h4-11,20-22,24,27H,12-18H2,1-3H3,(H,34,36);5-12,17,20H,13-14H2,1-4H3,(H,27,29);1-2H3;2*1H. The molecule has 4 fully saturated rings. The smallest absolute Gasteiger partial charge is 0.362 e. The predicted octanol–water partition coefficient (Wildman–Crippen LogP) is 13.9. The van der Waals surface area contributed by atoms with Gasteiger partial charge in [0.1, 0.15) is 12.2 Å². The average molecular weight is 969 g/mol. The number of hydrogen-bond acceptors (Lipinski definition) is 4. The number of nitrogens with zero attached hydrogens (tertiary/aromatic N) is 2. The van der Waals surface area contributed by atoms with Gasteiger partial charge in [-0.1, -0.05) is 124 Å². The fourth-order valence-corrected chi connectivity index (χ4v) is 10.4. The highest BCUT2D eigenvalue weighted by Crippen LogP contribution is 2.48. The zero-order valence-electron chi connectivity index (χ0n) is 41.4. The van der Waals surface area contributed by atoms with Crippen molar-refractivity contribution in [3.63, 3.8) is 0 Å². The Morgan fingerprint density at radius 2 is 0.986 bits per heavy atom. The van der Waals surface area contributed by atoms with Crippen molar-refractivity contribution in [1.82, 2.24) is 20.4 Å². The number of urea groups is 2. The molecular formula is C55H74F6N4O4. The van der Waals surface area contributed by atoms with Crippen molar-refractivity contribution in [2.45, 2.75) is 142 Å². The number of benzene rings is 4. The fourth-order valence-electron chi connectivity index (χ4n) is 10.4. The summed E-state index contributed by atoms with van der Waals surface area (Å²) in [4.78, 5) is 28.8. The molecule has 0 radical (unpaired) electrons. The summed E-state index contributed by atoms with van der Waals surface area (Å²) in [5.74, 6) is 1.87. The highest BCUT2D eigenvalue weighted by atomic mass is 19.4. The van der Waals surface area contributed by atoms with Gasteiger partial charge in [-0.3, -0.25) is 0 Å². The van der Waals surface area contributed by atoms with Crippen molar-refractivity contribution in [3.8, 4) is 0 Å². The molecule has 0 aromatic heterocycles. The van der Waals surface area contributed by atoms with Crippen molar-refractivity contribution in [2.24, 2.45) is 17.8 Å². The number of hydrogen-bond donors (Lipinski definition) is 2. The van der Waals surface area contributed by atoms with Crippen LogP contribution in [0.15, 0.2) is 97.1 Å². The van der Waals surface area contributed by atoms with E-state index in [2.05, 4.69) is 24.5 Å². The normalized spacial score (nSPS) is 22.6. The maximum atomic E-state index is 13.9. The van der Waals surface area contributed by atoms with Gasteiger partial charge in [-0.15, -0.1) is 0 Å². The van der Waals surface area contributed by atoms with E-state index in [9.17, 15) is 35.9 Å². The number of nitrogens with one attached hydrogen (secondary N) is 2. The minimum atomic E-state index is -4.49. The first-order valence-electron chi connectivity index (χ1n) is 24.4. The lowest BCUT2D eigenvalue weighted by Gasteiger charge is -2.51. The van der Waals surface area contributed by atoms with Crippen molar-refractivity contribution < 1.29 is 48.3 Å². The molecule has 2 saturated heterocycles. The summed E-state index contributed by atoms with van der Waals surface area (Å²) in [5.41, 5.74) is 1.61. The number of aryl methyl sites for hydroxylation is 2. The lowest BCUT2D eigenvalue weighted by Crippen LogP contribution is -2.64. The number of amides is 4. The lowest BCUT2D eigenvalue weighted by atomic mass is 9.61. The molecule has 8 rings (SSSR count). The van der Waals surface area contributed by atoms with E-state index in [4.69, 9.17) is 9.47 Å². The molecule has 2 aliphatic heterocycles. The molecule has 2 heterocycles. The number of carbonyl (C=O) groups is 2. The van der Waals surface area contributed by atoms with Gasteiger partial charge in [-0.2, -0.15) is 26.3 Å². The minimum absolute atomic E-state index is 0. The molecular weight excluding hydrogens is 895 g/mol. The summed E-state index contributed by atoms with van der Waals surface area (Å²) < 4.78 is 94.9. The van der Waals surface area contributed by atoms with E-state index in [0.717, 1.165) is 42.5 Å². The van der Waals surface area contributed by atoms with Gasteiger partial charge in [0.2, 0.25) is 0 Å². The van der Waals surface area contributed by atoms with Crippen LogP contribution in [0.3, 0.4) is 0 Å². The van der Waals surface area contributed by atoms with Crippen LogP contribution >= 0.6 is 0 Å². The van der Waals surface area contributed by atoms with Crippen molar-refractivity contribution >= 4 is 12.1 Å². The zero-order valence-corrected chi connectivity index (χ0v) is 41.4. The summed E-state index contributed by atoms with van der Waals surface area (Å²) in [6.07, 6.45) is -5.85. The van der Waals surface area contributed by atoms with Crippen LogP contribution in [0.4, 0.5) is 35.9 Å². The molecule has 4 aromatic carbocycles. The van der Waals surface area contributed by atoms with Crippen LogP contribution in [0.1, 0.15) is 140 Å². The SMILES string of the molecule is CC.Cc1ccc(C(OC2CN(C(=O)NC(C)(C)C)C2)c2ccccc2C(F)(F)F)cc1.Cc1ccc(C(OC2CN(C(=O)NC34CC(C)CC(CC(C)C3)C4)C2)c2ccccc2C(F)(F)F)cc1.[HH].[HH]. The van der Waals surface area contributed by atoms with Gasteiger partial charge in [0.15, 0.2) is 0 Å². The topological polar surface area (TPSA) is 83.1 Å². The van der Waals surface area contributed by atoms with E-state index in [0.29, 0.717) is 55.1 Å². The van der Waals surface area contributed by atoms with Gasteiger partial charge in [0.05, 0.1) is 49.5 Å². The quantitative estimate of drug-likeness (QED) is 0.164. The number of rotatable bonds is 9. The molecule has 14 heteroatoms. The van der Waals surface area contributed by atoms with E-state index < -0.39 is 35.7 Å². The molecule has 4 amide bonds. The van der Waals surface area contributed by atoms with Crippen LogP contribution in [0.25, 0.3) is 0 Å². The van der Waals surface area contributed by atoms with Crippen molar-refractivity contribution in [3.05, 3.63) is 142 Å².